The van der Waals surface area contributed by atoms with Crippen molar-refractivity contribution in [3.8, 4) is 11.4 Å². The minimum absolute atomic E-state index is 0.855. The maximum absolute atomic E-state index is 5.30. The van der Waals surface area contributed by atoms with Crippen LogP contribution in [0.2, 0.25) is 0 Å². The van der Waals surface area contributed by atoms with E-state index in [1.807, 2.05) is 6.07 Å². The van der Waals surface area contributed by atoms with Gasteiger partial charge in [0.1, 0.15) is 5.75 Å². The van der Waals surface area contributed by atoms with Crippen LogP contribution in [0.4, 0.5) is 5.69 Å². The molecular formula is C16H14N2O. The Balaban J connectivity index is 2.04. The molecule has 0 radical (unpaired) electrons. The molecule has 4 rings (SSSR count). The van der Waals surface area contributed by atoms with E-state index in [9.17, 15) is 0 Å². The Morgan fingerprint density at radius 3 is 2.89 bits per heavy atom. The number of fused-ring (bicyclic) bond motifs is 5. The van der Waals surface area contributed by atoms with Gasteiger partial charge in [0, 0.05) is 11.1 Å². The first-order valence-corrected chi connectivity index (χ1v) is 6.38. The maximum Gasteiger partial charge on any atom is 0.119 e. The monoisotopic (exact) mass is 250 g/mol. The van der Waals surface area contributed by atoms with Gasteiger partial charge < -0.3 is 14.6 Å². The van der Waals surface area contributed by atoms with Gasteiger partial charge in [-0.1, -0.05) is 12.1 Å². The lowest BCUT2D eigenvalue weighted by Crippen LogP contribution is -2.14. The van der Waals surface area contributed by atoms with Crippen molar-refractivity contribution in [2.75, 3.05) is 12.4 Å². The van der Waals surface area contributed by atoms with Crippen molar-refractivity contribution in [2.24, 2.45) is 0 Å². The summed E-state index contributed by atoms with van der Waals surface area (Å²) in [6.45, 7) is 0.855. The Morgan fingerprint density at radius 2 is 2.00 bits per heavy atom. The second-order valence-electron chi connectivity index (χ2n) is 4.77. The lowest BCUT2D eigenvalue weighted by atomic mass is 10.2. The van der Waals surface area contributed by atoms with Gasteiger partial charge in [0.05, 0.1) is 30.5 Å². The predicted molar refractivity (Wildman–Crippen MR) is 77.2 cm³/mol. The summed E-state index contributed by atoms with van der Waals surface area (Å²) in [4.78, 5) is 0. The molecule has 1 aliphatic heterocycles. The van der Waals surface area contributed by atoms with Gasteiger partial charge in [0.25, 0.3) is 0 Å². The standard InChI is InChI=1S/C16H14N2O/c1-19-13-6-7-15-11(9-13)8-12-10-17-14-4-2-3-5-16(14)18(12)15/h2-9,17H,10H2,1H3. The molecule has 0 saturated heterocycles. The van der Waals surface area contributed by atoms with Crippen molar-refractivity contribution < 1.29 is 4.74 Å². The van der Waals surface area contributed by atoms with Crippen LogP contribution in [-0.2, 0) is 6.54 Å². The molecule has 1 N–H and O–H groups in total. The number of para-hydroxylation sites is 2. The molecular weight excluding hydrogens is 236 g/mol. The highest BCUT2D eigenvalue weighted by Gasteiger charge is 2.17. The quantitative estimate of drug-likeness (QED) is 0.714. The molecule has 1 aromatic heterocycles. The van der Waals surface area contributed by atoms with E-state index in [0.29, 0.717) is 0 Å². The Hall–Kier alpha value is -2.42. The van der Waals surface area contributed by atoms with Crippen molar-refractivity contribution in [3.63, 3.8) is 0 Å². The smallest absolute Gasteiger partial charge is 0.119 e. The average molecular weight is 250 g/mol. The lowest BCUT2D eigenvalue weighted by molar-refractivity contribution is 0.415. The van der Waals surface area contributed by atoms with Crippen LogP contribution < -0.4 is 10.1 Å². The number of benzene rings is 2. The Labute approximate surface area is 111 Å². The largest absolute Gasteiger partial charge is 0.497 e. The summed E-state index contributed by atoms with van der Waals surface area (Å²) in [7, 11) is 1.70. The van der Waals surface area contributed by atoms with Gasteiger partial charge in [-0.3, -0.25) is 0 Å². The van der Waals surface area contributed by atoms with Crippen molar-refractivity contribution in [2.45, 2.75) is 6.54 Å². The minimum Gasteiger partial charge on any atom is -0.497 e. The number of nitrogens with one attached hydrogen (secondary N) is 1. The molecule has 0 bridgehead atoms. The molecule has 2 heterocycles. The van der Waals surface area contributed by atoms with Gasteiger partial charge in [-0.15, -0.1) is 0 Å². The van der Waals surface area contributed by atoms with Crippen LogP contribution in [0.25, 0.3) is 16.6 Å². The fraction of sp³-hybridized carbons (Fsp3) is 0.125. The van der Waals surface area contributed by atoms with Crippen LogP contribution in [-0.4, -0.2) is 11.7 Å². The second kappa shape index (κ2) is 3.79. The lowest BCUT2D eigenvalue weighted by Gasteiger charge is -2.21. The number of anilines is 1. The number of nitrogens with zero attached hydrogens (tertiary/aromatic N) is 1. The minimum atomic E-state index is 0.855. The summed E-state index contributed by atoms with van der Waals surface area (Å²) >= 11 is 0. The summed E-state index contributed by atoms with van der Waals surface area (Å²) in [5.74, 6) is 0.900. The van der Waals surface area contributed by atoms with Crippen molar-refractivity contribution in [3.05, 3.63) is 54.2 Å². The molecule has 94 valence electrons. The van der Waals surface area contributed by atoms with Gasteiger partial charge in [-0.25, -0.2) is 0 Å². The van der Waals surface area contributed by atoms with Gasteiger partial charge in [0.15, 0.2) is 0 Å². The van der Waals surface area contributed by atoms with Crippen LogP contribution in [0.1, 0.15) is 5.69 Å². The summed E-state index contributed by atoms with van der Waals surface area (Å²) in [5.41, 5.74) is 4.90. The number of aromatic nitrogens is 1. The molecule has 0 spiro atoms. The molecule has 0 atom stereocenters. The molecule has 3 aromatic rings. The predicted octanol–water partition coefficient (Wildman–Crippen LogP) is 3.56. The normalized spacial score (nSPS) is 12.7. The summed E-state index contributed by atoms with van der Waals surface area (Å²) in [6, 6.07) is 16.9. The molecule has 0 saturated carbocycles. The van der Waals surface area contributed by atoms with Crippen molar-refractivity contribution >= 4 is 16.6 Å². The van der Waals surface area contributed by atoms with Gasteiger partial charge in [0.2, 0.25) is 0 Å². The topological polar surface area (TPSA) is 26.2 Å². The fourth-order valence-corrected chi connectivity index (χ4v) is 2.80. The number of hydrogen-bond acceptors (Lipinski definition) is 2. The van der Waals surface area contributed by atoms with E-state index in [2.05, 4.69) is 52.3 Å². The van der Waals surface area contributed by atoms with Crippen LogP contribution >= 0.6 is 0 Å². The number of methoxy groups -OCH3 is 1. The first kappa shape index (κ1) is 10.5. The molecule has 0 aliphatic carbocycles. The number of ether oxygens (including phenoxy) is 1. The van der Waals surface area contributed by atoms with Crippen molar-refractivity contribution in [1.29, 1.82) is 0 Å². The molecule has 0 unspecified atom stereocenters. The summed E-state index contributed by atoms with van der Waals surface area (Å²) in [5, 5.41) is 4.67. The number of hydrogen-bond donors (Lipinski definition) is 1. The highest BCUT2D eigenvalue weighted by Crippen LogP contribution is 2.34. The molecule has 0 fully saturated rings. The van der Waals surface area contributed by atoms with E-state index in [-0.39, 0.29) is 0 Å². The third-order valence-corrected chi connectivity index (χ3v) is 3.69. The molecule has 3 nitrogen and oxygen atoms in total. The Morgan fingerprint density at radius 1 is 1.11 bits per heavy atom. The van der Waals surface area contributed by atoms with E-state index in [1.165, 1.54) is 28.0 Å². The van der Waals surface area contributed by atoms with Gasteiger partial charge in [-0.05, 0) is 36.4 Å². The summed E-state index contributed by atoms with van der Waals surface area (Å²) in [6.07, 6.45) is 0. The molecule has 1 aliphatic rings. The van der Waals surface area contributed by atoms with E-state index < -0.39 is 0 Å². The zero-order chi connectivity index (χ0) is 12.8. The zero-order valence-electron chi connectivity index (χ0n) is 10.7. The average Bonchev–Trinajstić information content (AvgIpc) is 2.84. The first-order chi connectivity index (χ1) is 9.36. The third kappa shape index (κ3) is 1.45. The van der Waals surface area contributed by atoms with Crippen molar-refractivity contribution in [1.82, 2.24) is 4.57 Å². The van der Waals surface area contributed by atoms with E-state index in [1.54, 1.807) is 7.11 Å². The second-order valence-corrected chi connectivity index (χ2v) is 4.77. The molecule has 2 aromatic carbocycles. The SMILES string of the molecule is COc1ccc2c(c1)cc1n2-c2ccccc2NC1. The van der Waals surface area contributed by atoms with Crippen LogP contribution in [0.5, 0.6) is 5.75 Å². The van der Waals surface area contributed by atoms with Gasteiger partial charge in [-0.2, -0.15) is 0 Å². The molecule has 3 heteroatoms. The molecule has 0 amide bonds. The van der Waals surface area contributed by atoms with Crippen LogP contribution in [0.3, 0.4) is 0 Å². The highest BCUT2D eigenvalue weighted by atomic mass is 16.5. The zero-order valence-corrected chi connectivity index (χ0v) is 10.7. The van der Waals surface area contributed by atoms with Gasteiger partial charge >= 0.3 is 0 Å². The highest BCUT2D eigenvalue weighted by molar-refractivity contribution is 5.87. The fourth-order valence-electron chi connectivity index (χ4n) is 2.80. The van der Waals surface area contributed by atoms with E-state index >= 15 is 0 Å². The Kier molecular flexibility index (Phi) is 2.09. The van der Waals surface area contributed by atoms with E-state index in [4.69, 9.17) is 4.74 Å². The first-order valence-electron chi connectivity index (χ1n) is 6.38. The number of rotatable bonds is 1. The van der Waals surface area contributed by atoms with E-state index in [0.717, 1.165) is 12.3 Å². The maximum atomic E-state index is 5.30. The summed E-state index contributed by atoms with van der Waals surface area (Å²) < 4.78 is 7.62. The molecule has 19 heavy (non-hydrogen) atoms. The Bertz CT molecular complexity index is 774. The van der Waals surface area contributed by atoms with Crippen LogP contribution in [0.15, 0.2) is 48.5 Å². The van der Waals surface area contributed by atoms with Crippen LogP contribution in [0, 0.1) is 0 Å². The third-order valence-electron chi connectivity index (χ3n) is 3.69.